The number of hydrogen-bond acceptors (Lipinski definition) is 2. The number of amides is 1. The lowest BCUT2D eigenvalue weighted by Gasteiger charge is -2.32. The van der Waals surface area contributed by atoms with Crippen LogP contribution in [0.3, 0.4) is 0 Å². The second-order valence-corrected chi connectivity index (χ2v) is 5.55. The molecule has 1 saturated carbocycles. The minimum atomic E-state index is -0.698. The van der Waals surface area contributed by atoms with E-state index in [1.165, 1.54) is 6.42 Å². The van der Waals surface area contributed by atoms with Gasteiger partial charge in [0, 0.05) is 19.3 Å². The summed E-state index contributed by atoms with van der Waals surface area (Å²) in [6.45, 7) is 3.30. The molecule has 4 heteroatoms. The van der Waals surface area contributed by atoms with Gasteiger partial charge in [-0.05, 0) is 31.4 Å². The first-order valence-corrected chi connectivity index (χ1v) is 7.30. The van der Waals surface area contributed by atoms with Gasteiger partial charge in [0.15, 0.2) is 0 Å². The minimum Gasteiger partial charge on any atom is -0.388 e. The second kappa shape index (κ2) is 6.24. The highest BCUT2D eigenvalue weighted by atomic mass is 16.3. The van der Waals surface area contributed by atoms with E-state index >= 15 is 0 Å². The summed E-state index contributed by atoms with van der Waals surface area (Å²) in [4.78, 5) is 12.1. The van der Waals surface area contributed by atoms with Gasteiger partial charge in [0.2, 0.25) is 0 Å². The van der Waals surface area contributed by atoms with Gasteiger partial charge in [0.25, 0.3) is 5.91 Å². The summed E-state index contributed by atoms with van der Waals surface area (Å²) in [6.07, 6.45) is 7.81. The van der Waals surface area contributed by atoms with Crippen molar-refractivity contribution >= 4 is 5.91 Å². The number of aliphatic hydroxyl groups is 1. The van der Waals surface area contributed by atoms with Crippen LogP contribution in [-0.4, -0.2) is 27.7 Å². The van der Waals surface area contributed by atoms with Gasteiger partial charge < -0.3 is 15.0 Å². The van der Waals surface area contributed by atoms with Crippen molar-refractivity contribution in [3.63, 3.8) is 0 Å². The van der Waals surface area contributed by atoms with Gasteiger partial charge >= 0.3 is 0 Å². The molecule has 0 bridgehead atoms. The zero-order chi connectivity index (χ0) is 13.7. The van der Waals surface area contributed by atoms with Gasteiger partial charge in [-0.2, -0.15) is 0 Å². The SMILES string of the molecule is CCCn1cccc1C(=O)NCC1(O)CCCCC1. The van der Waals surface area contributed by atoms with E-state index in [1.54, 1.807) is 0 Å². The molecule has 2 N–H and O–H groups in total. The normalized spacial score (nSPS) is 18.2. The molecule has 1 aromatic rings. The lowest BCUT2D eigenvalue weighted by molar-refractivity contribution is 0.00517. The van der Waals surface area contributed by atoms with E-state index in [0.29, 0.717) is 12.2 Å². The smallest absolute Gasteiger partial charge is 0.268 e. The zero-order valence-electron chi connectivity index (χ0n) is 11.7. The summed E-state index contributed by atoms with van der Waals surface area (Å²) in [5, 5.41) is 13.3. The van der Waals surface area contributed by atoms with Crippen molar-refractivity contribution in [1.29, 1.82) is 0 Å². The molecule has 1 aromatic heterocycles. The van der Waals surface area contributed by atoms with Gasteiger partial charge in [0.1, 0.15) is 5.69 Å². The average molecular weight is 264 g/mol. The molecule has 0 aromatic carbocycles. The molecule has 1 amide bonds. The van der Waals surface area contributed by atoms with Gasteiger partial charge in [-0.3, -0.25) is 4.79 Å². The molecule has 0 unspecified atom stereocenters. The Morgan fingerprint density at radius 1 is 1.42 bits per heavy atom. The Morgan fingerprint density at radius 3 is 2.84 bits per heavy atom. The fourth-order valence-electron chi connectivity index (χ4n) is 2.78. The molecule has 0 aliphatic heterocycles. The molecule has 1 aliphatic carbocycles. The van der Waals surface area contributed by atoms with Gasteiger partial charge in [-0.1, -0.05) is 26.2 Å². The van der Waals surface area contributed by atoms with E-state index in [0.717, 1.165) is 38.6 Å². The Morgan fingerprint density at radius 2 is 2.16 bits per heavy atom. The largest absolute Gasteiger partial charge is 0.388 e. The highest BCUT2D eigenvalue weighted by Crippen LogP contribution is 2.27. The monoisotopic (exact) mass is 264 g/mol. The van der Waals surface area contributed by atoms with Crippen LogP contribution in [0.25, 0.3) is 0 Å². The number of carbonyl (C=O) groups is 1. The number of aryl methyl sites for hydroxylation is 1. The molecule has 1 aliphatic rings. The van der Waals surface area contributed by atoms with E-state index in [2.05, 4.69) is 12.2 Å². The minimum absolute atomic E-state index is 0.0857. The van der Waals surface area contributed by atoms with E-state index in [4.69, 9.17) is 0 Å². The first-order valence-electron chi connectivity index (χ1n) is 7.30. The fraction of sp³-hybridized carbons (Fsp3) is 0.667. The zero-order valence-corrected chi connectivity index (χ0v) is 11.7. The Kier molecular flexibility index (Phi) is 4.64. The molecule has 0 atom stereocenters. The highest BCUT2D eigenvalue weighted by molar-refractivity contribution is 5.92. The van der Waals surface area contributed by atoms with Crippen LogP contribution in [0.4, 0.5) is 0 Å². The van der Waals surface area contributed by atoms with Crippen molar-refractivity contribution in [3.8, 4) is 0 Å². The van der Waals surface area contributed by atoms with Crippen LogP contribution in [0.1, 0.15) is 55.9 Å². The summed E-state index contributed by atoms with van der Waals surface area (Å²) in [5.41, 5.74) is -0.0166. The Hall–Kier alpha value is -1.29. The number of carbonyl (C=O) groups excluding carboxylic acids is 1. The Bertz CT molecular complexity index is 420. The molecule has 0 spiro atoms. The van der Waals surface area contributed by atoms with Crippen molar-refractivity contribution in [2.45, 2.75) is 57.6 Å². The summed E-state index contributed by atoms with van der Waals surface area (Å²) in [7, 11) is 0. The highest BCUT2D eigenvalue weighted by Gasteiger charge is 2.29. The maximum absolute atomic E-state index is 12.1. The standard InChI is InChI=1S/C15H24N2O2/c1-2-10-17-11-6-7-13(17)14(18)16-12-15(19)8-4-3-5-9-15/h6-7,11,19H,2-5,8-10,12H2,1H3,(H,16,18). The molecule has 1 heterocycles. The Balaban J connectivity index is 1.91. The van der Waals surface area contributed by atoms with Gasteiger partial charge in [0.05, 0.1) is 5.60 Å². The molecule has 2 rings (SSSR count). The first-order chi connectivity index (χ1) is 9.14. The van der Waals surface area contributed by atoms with Crippen molar-refractivity contribution in [1.82, 2.24) is 9.88 Å². The van der Waals surface area contributed by atoms with Crippen LogP contribution in [0.5, 0.6) is 0 Å². The first kappa shape index (κ1) is 14.1. The van der Waals surface area contributed by atoms with Crippen LogP contribution in [0, 0.1) is 0 Å². The molecule has 4 nitrogen and oxygen atoms in total. The van der Waals surface area contributed by atoms with Crippen molar-refractivity contribution in [2.75, 3.05) is 6.54 Å². The predicted molar refractivity (Wildman–Crippen MR) is 75.1 cm³/mol. The maximum atomic E-state index is 12.1. The fourth-order valence-corrected chi connectivity index (χ4v) is 2.78. The summed E-state index contributed by atoms with van der Waals surface area (Å²) < 4.78 is 1.96. The van der Waals surface area contributed by atoms with E-state index in [1.807, 2.05) is 22.9 Å². The second-order valence-electron chi connectivity index (χ2n) is 5.55. The van der Waals surface area contributed by atoms with E-state index in [9.17, 15) is 9.90 Å². The summed E-state index contributed by atoms with van der Waals surface area (Å²) in [5.74, 6) is -0.0857. The molecular weight excluding hydrogens is 240 g/mol. The number of hydrogen-bond donors (Lipinski definition) is 2. The van der Waals surface area contributed by atoms with Crippen molar-refractivity contribution in [3.05, 3.63) is 24.0 Å². The lowest BCUT2D eigenvalue weighted by Crippen LogP contribution is -2.44. The Labute approximate surface area is 114 Å². The third-order valence-electron chi connectivity index (χ3n) is 3.89. The summed E-state index contributed by atoms with van der Waals surface area (Å²) in [6, 6.07) is 3.72. The molecule has 0 saturated heterocycles. The maximum Gasteiger partial charge on any atom is 0.268 e. The molecule has 19 heavy (non-hydrogen) atoms. The number of nitrogens with one attached hydrogen (secondary N) is 1. The van der Waals surface area contributed by atoms with Gasteiger partial charge in [-0.25, -0.2) is 0 Å². The third kappa shape index (κ3) is 3.60. The van der Waals surface area contributed by atoms with E-state index in [-0.39, 0.29) is 5.91 Å². The number of nitrogens with zero attached hydrogens (tertiary/aromatic N) is 1. The predicted octanol–water partition coefficient (Wildman–Crippen LogP) is 2.32. The average Bonchev–Trinajstić information content (AvgIpc) is 2.86. The lowest BCUT2D eigenvalue weighted by atomic mass is 9.85. The number of aromatic nitrogens is 1. The van der Waals surface area contributed by atoms with Crippen molar-refractivity contribution in [2.24, 2.45) is 0 Å². The van der Waals surface area contributed by atoms with Crippen LogP contribution in [0.2, 0.25) is 0 Å². The van der Waals surface area contributed by atoms with Crippen molar-refractivity contribution < 1.29 is 9.90 Å². The van der Waals surface area contributed by atoms with Crippen LogP contribution >= 0.6 is 0 Å². The van der Waals surface area contributed by atoms with Gasteiger partial charge in [-0.15, -0.1) is 0 Å². The number of rotatable bonds is 5. The summed E-state index contributed by atoms with van der Waals surface area (Å²) >= 11 is 0. The topological polar surface area (TPSA) is 54.3 Å². The molecule has 0 radical (unpaired) electrons. The molecular formula is C15H24N2O2. The van der Waals surface area contributed by atoms with Crippen LogP contribution in [-0.2, 0) is 6.54 Å². The third-order valence-corrected chi connectivity index (χ3v) is 3.89. The molecule has 1 fully saturated rings. The van der Waals surface area contributed by atoms with Crippen LogP contribution in [0.15, 0.2) is 18.3 Å². The van der Waals surface area contributed by atoms with E-state index < -0.39 is 5.60 Å². The molecule has 106 valence electrons. The quantitative estimate of drug-likeness (QED) is 0.857. The van der Waals surface area contributed by atoms with Crippen LogP contribution < -0.4 is 5.32 Å².